The first-order valence-corrected chi connectivity index (χ1v) is 13.5. The van der Waals surface area contributed by atoms with Gasteiger partial charge in [0.25, 0.3) is 5.91 Å². The number of hydrogen-bond donors (Lipinski definition) is 1. The summed E-state index contributed by atoms with van der Waals surface area (Å²) in [5.74, 6) is -0.492. The molecule has 0 aromatic heterocycles. The highest BCUT2D eigenvalue weighted by molar-refractivity contribution is 6.42. The minimum Gasteiger partial charge on any atom is -0.463 e. The van der Waals surface area contributed by atoms with E-state index in [-0.39, 0.29) is 18.5 Å². The number of benzene rings is 2. The molecule has 202 valence electrons. The first kappa shape index (κ1) is 28.0. The number of piperazine rings is 1. The Morgan fingerprint density at radius 3 is 2.29 bits per heavy atom. The van der Waals surface area contributed by atoms with E-state index in [1.165, 1.54) is 0 Å². The molecular weight excluding hydrogens is 527 g/mol. The van der Waals surface area contributed by atoms with Gasteiger partial charge in [-0.3, -0.25) is 14.6 Å². The molecule has 4 rings (SSSR count). The quantitative estimate of drug-likeness (QED) is 0.499. The van der Waals surface area contributed by atoms with Crippen LogP contribution >= 0.6 is 23.2 Å². The Kier molecular flexibility index (Phi) is 8.97. The summed E-state index contributed by atoms with van der Waals surface area (Å²) in [5, 5.41) is 3.65. The predicted molar refractivity (Wildman–Crippen MR) is 147 cm³/mol. The average molecular weight is 559 g/mol. The number of nitrogens with zero attached hydrogens (tertiary/aromatic N) is 3. The molecule has 10 heteroatoms. The molecule has 3 amide bonds. The zero-order valence-electron chi connectivity index (χ0n) is 21.8. The monoisotopic (exact) mass is 558 g/mol. The number of ether oxygens (including phenoxy) is 1. The zero-order valence-corrected chi connectivity index (χ0v) is 23.3. The standard InChI is InChI=1S/C28H32Cl2N4O4/c1-4-34-23(17-32-12-14-33(15-13-32)26(35)19-8-6-18(3)7-9-19)24(27(36)38-5-2)25(31-28(34)37)20-10-11-21(29)22(30)16-20/h6-11,16,25H,4-5,12-15,17H2,1-3H3,(H,31,37). The van der Waals surface area contributed by atoms with E-state index in [4.69, 9.17) is 27.9 Å². The Morgan fingerprint density at radius 2 is 1.68 bits per heavy atom. The smallest absolute Gasteiger partial charge is 0.338 e. The molecule has 1 fully saturated rings. The lowest BCUT2D eigenvalue weighted by Gasteiger charge is -2.40. The molecule has 0 bridgehead atoms. The van der Waals surface area contributed by atoms with Crippen LogP contribution in [-0.2, 0) is 9.53 Å². The molecule has 0 aliphatic carbocycles. The van der Waals surface area contributed by atoms with E-state index in [9.17, 15) is 14.4 Å². The molecule has 1 atom stereocenters. The molecule has 0 saturated carbocycles. The fraction of sp³-hybridized carbons (Fsp3) is 0.393. The molecule has 1 N–H and O–H groups in total. The Morgan fingerprint density at radius 1 is 1.00 bits per heavy atom. The molecule has 0 spiro atoms. The van der Waals surface area contributed by atoms with Crippen LogP contribution in [-0.4, -0.2) is 78.5 Å². The second-order valence-electron chi connectivity index (χ2n) is 9.32. The van der Waals surface area contributed by atoms with Crippen molar-refractivity contribution in [2.45, 2.75) is 26.8 Å². The van der Waals surface area contributed by atoms with Crippen LogP contribution in [0.5, 0.6) is 0 Å². The van der Waals surface area contributed by atoms with Crippen LogP contribution < -0.4 is 5.32 Å². The van der Waals surface area contributed by atoms with Crippen LogP contribution in [0.2, 0.25) is 10.0 Å². The van der Waals surface area contributed by atoms with Gasteiger partial charge >= 0.3 is 12.0 Å². The highest BCUT2D eigenvalue weighted by Gasteiger charge is 2.39. The number of halogens is 2. The summed E-state index contributed by atoms with van der Waals surface area (Å²) in [6.45, 7) is 8.83. The first-order valence-electron chi connectivity index (χ1n) is 12.7. The van der Waals surface area contributed by atoms with E-state index in [2.05, 4.69) is 10.2 Å². The van der Waals surface area contributed by atoms with Crippen LogP contribution in [0.1, 0.15) is 41.4 Å². The van der Waals surface area contributed by atoms with Gasteiger partial charge in [-0.2, -0.15) is 0 Å². The molecule has 38 heavy (non-hydrogen) atoms. The highest BCUT2D eigenvalue weighted by Crippen LogP contribution is 2.35. The van der Waals surface area contributed by atoms with E-state index in [0.29, 0.717) is 71.7 Å². The van der Waals surface area contributed by atoms with Crippen molar-refractivity contribution in [3.8, 4) is 0 Å². The van der Waals surface area contributed by atoms with Gasteiger partial charge in [-0.05, 0) is 50.6 Å². The molecular formula is C28H32Cl2N4O4. The summed E-state index contributed by atoms with van der Waals surface area (Å²) in [4.78, 5) is 45.0. The number of esters is 1. The third kappa shape index (κ3) is 5.98. The number of hydrogen-bond acceptors (Lipinski definition) is 5. The SMILES string of the molecule is CCOC(=O)C1=C(CN2CCN(C(=O)c3ccc(C)cc3)CC2)N(CC)C(=O)NC1c1ccc(Cl)c(Cl)c1. The van der Waals surface area contributed by atoms with Gasteiger partial charge < -0.3 is 15.0 Å². The largest absolute Gasteiger partial charge is 0.463 e. The van der Waals surface area contributed by atoms with Crippen molar-refractivity contribution in [2.24, 2.45) is 0 Å². The molecule has 0 radical (unpaired) electrons. The summed E-state index contributed by atoms with van der Waals surface area (Å²) in [7, 11) is 0. The highest BCUT2D eigenvalue weighted by atomic mass is 35.5. The number of amides is 3. The average Bonchev–Trinajstić information content (AvgIpc) is 2.90. The van der Waals surface area contributed by atoms with Gasteiger partial charge in [0.2, 0.25) is 0 Å². The molecule has 8 nitrogen and oxygen atoms in total. The van der Waals surface area contributed by atoms with Crippen LogP contribution in [0.4, 0.5) is 4.79 Å². The Labute approximate surface area is 233 Å². The van der Waals surface area contributed by atoms with Crippen molar-refractivity contribution in [1.29, 1.82) is 0 Å². The van der Waals surface area contributed by atoms with Crippen molar-refractivity contribution in [1.82, 2.24) is 20.0 Å². The maximum atomic E-state index is 13.3. The second-order valence-corrected chi connectivity index (χ2v) is 10.1. The van der Waals surface area contributed by atoms with Crippen molar-refractivity contribution < 1.29 is 19.1 Å². The third-order valence-corrected chi connectivity index (χ3v) is 7.60. The molecule has 2 aromatic carbocycles. The Balaban J connectivity index is 1.60. The van der Waals surface area contributed by atoms with Gasteiger partial charge in [0.05, 0.1) is 28.3 Å². The fourth-order valence-corrected chi connectivity index (χ4v) is 5.11. The normalized spacial score (nSPS) is 18.4. The Hall–Kier alpha value is -3.07. The summed E-state index contributed by atoms with van der Waals surface area (Å²) in [5.41, 5.74) is 3.36. The first-order chi connectivity index (χ1) is 18.2. The molecule has 2 aromatic rings. The van der Waals surface area contributed by atoms with E-state index in [0.717, 1.165) is 5.56 Å². The van der Waals surface area contributed by atoms with Crippen LogP contribution in [0.25, 0.3) is 0 Å². The lowest BCUT2D eigenvalue weighted by Crippen LogP contribution is -2.53. The number of carbonyl (C=O) groups is 3. The van der Waals surface area contributed by atoms with Gasteiger partial charge in [0.1, 0.15) is 0 Å². The topological polar surface area (TPSA) is 82.2 Å². The molecule has 2 aliphatic heterocycles. The lowest BCUT2D eigenvalue weighted by molar-refractivity contribution is -0.139. The summed E-state index contributed by atoms with van der Waals surface area (Å²) in [6, 6.07) is 11.6. The van der Waals surface area contributed by atoms with E-state index in [1.54, 1.807) is 30.0 Å². The van der Waals surface area contributed by atoms with Crippen molar-refractivity contribution in [2.75, 3.05) is 45.9 Å². The van der Waals surface area contributed by atoms with Crippen LogP contribution in [0.15, 0.2) is 53.7 Å². The van der Waals surface area contributed by atoms with Gasteiger partial charge in [0.15, 0.2) is 0 Å². The van der Waals surface area contributed by atoms with Crippen molar-refractivity contribution in [3.05, 3.63) is 80.5 Å². The van der Waals surface area contributed by atoms with Crippen LogP contribution in [0.3, 0.4) is 0 Å². The number of likely N-dealkylation sites (N-methyl/N-ethyl adjacent to an activating group) is 1. The van der Waals surface area contributed by atoms with Crippen molar-refractivity contribution >= 4 is 41.1 Å². The number of nitrogens with one attached hydrogen (secondary N) is 1. The zero-order chi connectivity index (χ0) is 27.4. The van der Waals surface area contributed by atoms with Crippen LogP contribution in [0, 0.1) is 6.92 Å². The predicted octanol–water partition coefficient (Wildman–Crippen LogP) is 4.66. The molecule has 2 aliphatic rings. The third-order valence-electron chi connectivity index (χ3n) is 6.86. The summed E-state index contributed by atoms with van der Waals surface area (Å²) < 4.78 is 5.44. The van der Waals surface area contributed by atoms with Gasteiger partial charge in [-0.1, -0.05) is 47.0 Å². The minimum atomic E-state index is -0.737. The molecule has 1 unspecified atom stereocenters. The maximum Gasteiger partial charge on any atom is 0.338 e. The minimum absolute atomic E-state index is 0.00277. The van der Waals surface area contributed by atoms with Crippen molar-refractivity contribution in [3.63, 3.8) is 0 Å². The number of carbonyl (C=O) groups excluding carboxylic acids is 3. The lowest BCUT2D eigenvalue weighted by atomic mass is 9.94. The maximum absolute atomic E-state index is 13.3. The summed E-state index contributed by atoms with van der Waals surface area (Å²) in [6.07, 6.45) is 0. The Bertz CT molecular complexity index is 1240. The van der Waals surface area contributed by atoms with E-state index >= 15 is 0 Å². The fourth-order valence-electron chi connectivity index (χ4n) is 4.80. The van der Waals surface area contributed by atoms with Gasteiger partial charge in [-0.25, -0.2) is 9.59 Å². The van der Waals surface area contributed by atoms with E-state index in [1.807, 2.05) is 43.0 Å². The second kappa shape index (κ2) is 12.2. The molecule has 1 saturated heterocycles. The molecule has 2 heterocycles. The number of aryl methyl sites for hydroxylation is 1. The van der Waals surface area contributed by atoms with E-state index < -0.39 is 12.0 Å². The van der Waals surface area contributed by atoms with Gasteiger partial charge in [0, 0.05) is 50.5 Å². The van der Waals surface area contributed by atoms with Gasteiger partial charge in [-0.15, -0.1) is 0 Å². The number of rotatable bonds is 7. The number of urea groups is 1. The summed E-state index contributed by atoms with van der Waals surface area (Å²) >= 11 is 12.4.